The second-order valence-corrected chi connectivity index (χ2v) is 8.64. The highest BCUT2D eigenvalue weighted by atomic mass is 35.5. The zero-order valence-electron chi connectivity index (χ0n) is 16.8. The number of aromatic nitrogens is 1. The molecule has 1 amide bonds. The first-order valence-corrected chi connectivity index (χ1v) is 10.8. The summed E-state index contributed by atoms with van der Waals surface area (Å²) in [4.78, 5) is 23.3. The highest BCUT2D eigenvalue weighted by molar-refractivity contribution is 7.10. The largest absolute Gasteiger partial charge is 0.337 e. The summed E-state index contributed by atoms with van der Waals surface area (Å²) in [5.41, 5.74) is 10.6. The van der Waals surface area contributed by atoms with Gasteiger partial charge in [0.15, 0.2) is 0 Å². The first-order valence-electron chi connectivity index (χ1n) is 9.94. The number of likely N-dealkylation sites (tertiary alicyclic amines) is 1. The Balaban J connectivity index is 0.00000150. The molecule has 2 N–H and O–H groups in total. The molecule has 2 aromatic heterocycles. The van der Waals surface area contributed by atoms with Crippen molar-refractivity contribution in [3.05, 3.63) is 51.0 Å². The zero-order chi connectivity index (χ0) is 18.8. The Bertz CT molecular complexity index is 812. The Morgan fingerprint density at radius 1 is 1.31 bits per heavy atom. The summed E-state index contributed by atoms with van der Waals surface area (Å²) in [6, 6.07) is 4.43. The summed E-state index contributed by atoms with van der Waals surface area (Å²) in [5, 5.41) is 2.06. The molecule has 1 saturated heterocycles. The highest BCUT2D eigenvalue weighted by Gasteiger charge is 2.28. The molecule has 4 rings (SSSR count). The number of nitrogens with two attached hydrogens (primary N) is 1. The van der Waals surface area contributed by atoms with Crippen LogP contribution in [0.15, 0.2) is 23.7 Å². The topological polar surface area (TPSA) is 62.5 Å². The van der Waals surface area contributed by atoms with Gasteiger partial charge in [-0.15, -0.1) is 36.2 Å². The minimum Gasteiger partial charge on any atom is -0.337 e. The maximum Gasteiger partial charge on any atom is 0.255 e. The summed E-state index contributed by atoms with van der Waals surface area (Å²) in [7, 11) is 0. The molecule has 8 heteroatoms. The fraction of sp³-hybridized carbons (Fsp3) is 0.524. The lowest BCUT2D eigenvalue weighted by Crippen LogP contribution is -2.46. The summed E-state index contributed by atoms with van der Waals surface area (Å²) < 4.78 is 0. The Morgan fingerprint density at radius 3 is 2.83 bits per heavy atom. The van der Waals surface area contributed by atoms with Gasteiger partial charge in [-0.3, -0.25) is 14.7 Å². The van der Waals surface area contributed by atoms with Gasteiger partial charge in [0.05, 0.1) is 11.3 Å². The van der Waals surface area contributed by atoms with Crippen molar-refractivity contribution in [3.63, 3.8) is 0 Å². The predicted molar refractivity (Wildman–Crippen MR) is 123 cm³/mol. The van der Waals surface area contributed by atoms with E-state index in [0.717, 1.165) is 63.1 Å². The van der Waals surface area contributed by atoms with E-state index in [4.69, 9.17) is 5.73 Å². The number of carbonyl (C=O) groups is 1. The van der Waals surface area contributed by atoms with Crippen LogP contribution in [0.1, 0.15) is 51.8 Å². The summed E-state index contributed by atoms with van der Waals surface area (Å²) >= 11 is 1.72. The number of thiophene rings is 1. The van der Waals surface area contributed by atoms with E-state index in [0.29, 0.717) is 6.54 Å². The second kappa shape index (κ2) is 10.7. The third kappa shape index (κ3) is 5.50. The first-order chi connectivity index (χ1) is 13.1. The Hall–Kier alpha value is -1.18. The van der Waals surface area contributed by atoms with Crippen molar-refractivity contribution in [3.8, 4) is 0 Å². The van der Waals surface area contributed by atoms with Crippen molar-refractivity contribution >= 4 is 42.1 Å². The number of halogens is 2. The first kappa shape index (κ1) is 24.1. The minimum absolute atomic E-state index is 0. The number of carbonyl (C=O) groups excluding carboxylic acids is 1. The summed E-state index contributed by atoms with van der Waals surface area (Å²) in [6.07, 6.45) is 5.97. The van der Waals surface area contributed by atoms with Gasteiger partial charge in [-0.25, -0.2) is 0 Å². The number of aryl methyl sites for hydroxylation is 1. The van der Waals surface area contributed by atoms with Crippen molar-refractivity contribution < 1.29 is 4.79 Å². The van der Waals surface area contributed by atoms with Crippen LogP contribution in [-0.4, -0.2) is 46.4 Å². The molecule has 0 bridgehead atoms. The highest BCUT2D eigenvalue weighted by Crippen LogP contribution is 2.30. The SMILES string of the molecule is CCc1ccc(CN2CCc3c(C(=O)N4CCCC(N)C4)csc3C2)nc1.Cl.Cl. The van der Waals surface area contributed by atoms with Crippen LogP contribution in [0.5, 0.6) is 0 Å². The lowest BCUT2D eigenvalue weighted by molar-refractivity contribution is 0.0707. The van der Waals surface area contributed by atoms with Gasteiger partial charge in [-0.05, 0) is 42.9 Å². The van der Waals surface area contributed by atoms with E-state index in [1.807, 2.05) is 11.1 Å². The summed E-state index contributed by atoms with van der Waals surface area (Å²) in [5.74, 6) is 0.174. The van der Waals surface area contributed by atoms with Gasteiger partial charge in [0.25, 0.3) is 5.91 Å². The third-order valence-electron chi connectivity index (χ3n) is 5.68. The number of nitrogens with zero attached hydrogens (tertiary/aromatic N) is 3. The molecule has 29 heavy (non-hydrogen) atoms. The van der Waals surface area contributed by atoms with Gasteiger partial charge >= 0.3 is 0 Å². The molecule has 0 saturated carbocycles. The molecule has 0 aliphatic carbocycles. The van der Waals surface area contributed by atoms with Crippen LogP contribution < -0.4 is 5.73 Å². The number of pyridine rings is 1. The second-order valence-electron chi connectivity index (χ2n) is 7.68. The Labute approximate surface area is 189 Å². The molecule has 0 spiro atoms. The molecule has 0 aromatic carbocycles. The summed E-state index contributed by atoms with van der Waals surface area (Å²) in [6.45, 7) is 6.42. The van der Waals surface area contributed by atoms with Crippen LogP contribution in [0.4, 0.5) is 0 Å². The minimum atomic E-state index is 0. The molecular formula is C21H30Cl2N4OS. The smallest absolute Gasteiger partial charge is 0.255 e. The van der Waals surface area contributed by atoms with E-state index in [1.165, 1.54) is 16.0 Å². The number of piperidine rings is 1. The van der Waals surface area contributed by atoms with Crippen LogP contribution in [-0.2, 0) is 25.9 Å². The lowest BCUT2D eigenvalue weighted by Gasteiger charge is -2.31. The number of fused-ring (bicyclic) bond motifs is 1. The lowest BCUT2D eigenvalue weighted by atomic mass is 10.0. The average molecular weight is 457 g/mol. The van der Waals surface area contributed by atoms with Crippen LogP contribution in [0.25, 0.3) is 0 Å². The molecule has 1 unspecified atom stereocenters. The third-order valence-corrected chi connectivity index (χ3v) is 6.69. The molecule has 1 atom stereocenters. The molecule has 5 nitrogen and oxygen atoms in total. The molecule has 1 fully saturated rings. The number of hydrogen-bond acceptors (Lipinski definition) is 5. The zero-order valence-corrected chi connectivity index (χ0v) is 19.3. The van der Waals surface area contributed by atoms with Crippen molar-refractivity contribution in [2.45, 2.75) is 51.7 Å². The Kier molecular flexibility index (Phi) is 8.91. The van der Waals surface area contributed by atoms with Crippen LogP contribution in [0, 0.1) is 0 Å². The van der Waals surface area contributed by atoms with Gasteiger partial charge in [-0.1, -0.05) is 13.0 Å². The van der Waals surface area contributed by atoms with Gasteiger partial charge in [0, 0.05) is 55.2 Å². The van der Waals surface area contributed by atoms with Crippen molar-refractivity contribution in [2.75, 3.05) is 19.6 Å². The fourth-order valence-corrected chi connectivity index (χ4v) is 5.16. The van der Waals surface area contributed by atoms with Gasteiger partial charge in [0.1, 0.15) is 0 Å². The van der Waals surface area contributed by atoms with Crippen LogP contribution in [0.2, 0.25) is 0 Å². The van der Waals surface area contributed by atoms with Crippen LogP contribution >= 0.6 is 36.2 Å². The quantitative estimate of drug-likeness (QED) is 0.761. The van der Waals surface area contributed by atoms with E-state index in [9.17, 15) is 4.79 Å². The molecule has 2 aliphatic heterocycles. The normalized spacial score (nSPS) is 19.1. The van der Waals surface area contributed by atoms with E-state index < -0.39 is 0 Å². The molecule has 2 aliphatic rings. The maximum atomic E-state index is 13.0. The maximum absolute atomic E-state index is 13.0. The van der Waals surface area contributed by atoms with Crippen molar-refractivity contribution in [1.29, 1.82) is 0 Å². The van der Waals surface area contributed by atoms with Crippen molar-refractivity contribution in [1.82, 2.24) is 14.8 Å². The predicted octanol–water partition coefficient (Wildman–Crippen LogP) is 3.67. The van der Waals surface area contributed by atoms with Gasteiger partial charge in [0.2, 0.25) is 0 Å². The van der Waals surface area contributed by atoms with E-state index in [-0.39, 0.29) is 36.8 Å². The number of amides is 1. The molecular weight excluding hydrogens is 427 g/mol. The monoisotopic (exact) mass is 456 g/mol. The standard InChI is InChI=1S/C21H28N4OS.2ClH/c1-2-15-5-6-17(23-10-15)12-24-9-7-18-19(14-27-20(18)13-24)21(26)25-8-3-4-16(22)11-25;;/h5-6,10,14,16H,2-4,7-9,11-13,22H2,1H3;2*1H. The molecule has 4 heterocycles. The number of hydrogen-bond donors (Lipinski definition) is 1. The molecule has 0 radical (unpaired) electrons. The average Bonchev–Trinajstić information content (AvgIpc) is 3.11. The van der Waals surface area contributed by atoms with Gasteiger partial charge < -0.3 is 10.6 Å². The van der Waals surface area contributed by atoms with E-state index in [2.05, 4.69) is 34.3 Å². The number of rotatable bonds is 4. The molecule has 2 aromatic rings. The van der Waals surface area contributed by atoms with Crippen molar-refractivity contribution in [2.24, 2.45) is 5.73 Å². The van der Waals surface area contributed by atoms with E-state index >= 15 is 0 Å². The van der Waals surface area contributed by atoms with E-state index in [1.54, 1.807) is 11.3 Å². The van der Waals surface area contributed by atoms with Gasteiger partial charge in [-0.2, -0.15) is 0 Å². The fourth-order valence-electron chi connectivity index (χ4n) is 4.05. The van der Waals surface area contributed by atoms with Crippen LogP contribution in [0.3, 0.4) is 0 Å². The Morgan fingerprint density at radius 2 is 2.14 bits per heavy atom. The molecule has 160 valence electrons.